The van der Waals surface area contributed by atoms with E-state index in [1.165, 1.54) is 0 Å². The molecule has 0 amide bonds. The van der Waals surface area contributed by atoms with Gasteiger partial charge in [0.15, 0.2) is 0 Å². The molecule has 0 aliphatic carbocycles. The minimum atomic E-state index is -2.87. The summed E-state index contributed by atoms with van der Waals surface area (Å²) in [6.07, 6.45) is 1.20. The van der Waals surface area contributed by atoms with Crippen LogP contribution in [0.3, 0.4) is 0 Å². The van der Waals surface area contributed by atoms with Crippen molar-refractivity contribution in [3.05, 3.63) is 39.4 Å². The van der Waals surface area contributed by atoms with E-state index in [-0.39, 0.29) is 34.2 Å². The molecule has 1 N–H and O–H groups in total. The third-order valence-corrected chi connectivity index (χ3v) is 5.69. The molecule has 1 aliphatic rings. The Balaban J connectivity index is 2.05. The van der Waals surface area contributed by atoms with Crippen molar-refractivity contribution in [2.75, 3.05) is 11.5 Å². The summed E-state index contributed by atoms with van der Waals surface area (Å²) >= 11 is 0. The van der Waals surface area contributed by atoms with Crippen molar-refractivity contribution in [3.8, 4) is 0 Å². The highest BCUT2D eigenvalue weighted by molar-refractivity contribution is 7.91. The Hall–Kier alpha value is -1.47. The molecule has 1 aromatic carbocycles. The van der Waals surface area contributed by atoms with Gasteiger partial charge in [0.1, 0.15) is 9.84 Å². The summed E-state index contributed by atoms with van der Waals surface area (Å²) in [5, 5.41) is 14.3. The summed E-state index contributed by atoms with van der Waals surface area (Å²) in [5.74, 6) is 0.427. The third-order valence-electron chi connectivity index (χ3n) is 3.97. The molecule has 1 aliphatic heterocycles. The van der Waals surface area contributed by atoms with Crippen molar-refractivity contribution in [3.63, 3.8) is 0 Å². The highest BCUT2D eigenvalue weighted by Gasteiger charge is 2.25. The fourth-order valence-corrected chi connectivity index (χ4v) is 4.09. The molecule has 21 heavy (non-hydrogen) atoms. The van der Waals surface area contributed by atoms with Gasteiger partial charge in [-0.3, -0.25) is 10.1 Å². The number of nitro benzene ring substituents is 1. The summed E-state index contributed by atoms with van der Waals surface area (Å²) in [5.41, 5.74) is 1.60. The zero-order chi connectivity index (χ0) is 15.6. The Labute approximate surface area is 124 Å². The lowest BCUT2D eigenvalue weighted by molar-refractivity contribution is -0.385. The second-order valence-electron chi connectivity index (χ2n) is 5.62. The first-order valence-corrected chi connectivity index (χ1v) is 8.82. The molecular weight excluding hydrogens is 292 g/mol. The van der Waals surface area contributed by atoms with Gasteiger partial charge in [-0.15, -0.1) is 0 Å². The molecule has 1 unspecified atom stereocenters. The number of nitrogens with one attached hydrogen (secondary N) is 1. The highest BCUT2D eigenvalue weighted by atomic mass is 32.2. The fourth-order valence-electron chi connectivity index (χ4n) is 2.60. The van der Waals surface area contributed by atoms with Gasteiger partial charge < -0.3 is 5.32 Å². The smallest absolute Gasteiger partial charge is 0.272 e. The van der Waals surface area contributed by atoms with E-state index in [0.29, 0.717) is 18.4 Å². The summed E-state index contributed by atoms with van der Waals surface area (Å²) in [6.45, 7) is 3.66. The Morgan fingerprint density at radius 1 is 1.33 bits per heavy atom. The average molecular weight is 312 g/mol. The van der Waals surface area contributed by atoms with E-state index < -0.39 is 9.84 Å². The first kappa shape index (κ1) is 15.9. The molecule has 1 saturated heterocycles. The number of benzene rings is 1. The van der Waals surface area contributed by atoms with Crippen LogP contribution in [0.15, 0.2) is 18.2 Å². The van der Waals surface area contributed by atoms with E-state index in [9.17, 15) is 18.5 Å². The van der Waals surface area contributed by atoms with E-state index in [2.05, 4.69) is 5.32 Å². The number of aryl methyl sites for hydroxylation is 1. The van der Waals surface area contributed by atoms with Gasteiger partial charge in [-0.05, 0) is 32.3 Å². The zero-order valence-corrected chi connectivity index (χ0v) is 13.0. The first-order chi connectivity index (χ1) is 9.78. The van der Waals surface area contributed by atoms with E-state index in [1.807, 2.05) is 13.0 Å². The zero-order valence-electron chi connectivity index (χ0n) is 12.2. The number of rotatable bonds is 4. The van der Waals surface area contributed by atoms with Crippen LogP contribution in [0.1, 0.15) is 36.9 Å². The van der Waals surface area contributed by atoms with Crippen LogP contribution < -0.4 is 5.32 Å². The summed E-state index contributed by atoms with van der Waals surface area (Å²) in [4.78, 5) is 10.6. The molecule has 1 fully saturated rings. The molecule has 7 heteroatoms. The quantitative estimate of drug-likeness (QED) is 0.679. The predicted octanol–water partition coefficient (Wildman–Crippen LogP) is 2.13. The van der Waals surface area contributed by atoms with Crippen LogP contribution in [0.4, 0.5) is 5.69 Å². The summed E-state index contributed by atoms with van der Waals surface area (Å²) in [7, 11) is -2.87. The largest absolute Gasteiger partial charge is 0.307 e. The second kappa shape index (κ2) is 6.11. The molecule has 1 atom stereocenters. The van der Waals surface area contributed by atoms with Gasteiger partial charge in [0.05, 0.1) is 16.4 Å². The number of nitro groups is 1. The lowest BCUT2D eigenvalue weighted by Gasteiger charge is -2.26. The van der Waals surface area contributed by atoms with E-state index in [1.54, 1.807) is 19.1 Å². The highest BCUT2D eigenvalue weighted by Crippen LogP contribution is 2.24. The molecule has 1 aromatic rings. The van der Waals surface area contributed by atoms with Gasteiger partial charge >= 0.3 is 0 Å². The van der Waals surface area contributed by atoms with Gasteiger partial charge in [-0.25, -0.2) is 8.42 Å². The van der Waals surface area contributed by atoms with Crippen molar-refractivity contribution in [1.82, 2.24) is 5.32 Å². The Kier molecular flexibility index (Phi) is 4.63. The van der Waals surface area contributed by atoms with Gasteiger partial charge in [0.2, 0.25) is 0 Å². The summed E-state index contributed by atoms with van der Waals surface area (Å²) in [6, 6.07) is 5.31. The van der Waals surface area contributed by atoms with Gasteiger partial charge in [-0.2, -0.15) is 0 Å². The SMILES string of the molecule is Cc1ccc(C(C)NC2CCS(=O)(=O)CC2)cc1[N+](=O)[O-]. The van der Waals surface area contributed by atoms with Crippen LogP contribution in [0.25, 0.3) is 0 Å². The maximum Gasteiger partial charge on any atom is 0.272 e. The summed E-state index contributed by atoms with van der Waals surface area (Å²) < 4.78 is 22.8. The van der Waals surface area contributed by atoms with E-state index in [4.69, 9.17) is 0 Å². The lowest BCUT2D eigenvalue weighted by atomic mass is 10.0. The van der Waals surface area contributed by atoms with Gasteiger partial charge in [0, 0.05) is 23.7 Å². The molecule has 0 aromatic heterocycles. The maximum absolute atomic E-state index is 11.4. The normalized spacial score (nSPS) is 20.1. The molecular formula is C14H20N2O4S. The van der Waals surface area contributed by atoms with Crippen LogP contribution in [-0.4, -0.2) is 30.9 Å². The van der Waals surface area contributed by atoms with Crippen LogP contribution in [0, 0.1) is 17.0 Å². The molecule has 2 rings (SSSR count). The first-order valence-electron chi connectivity index (χ1n) is 7.00. The maximum atomic E-state index is 11.4. The predicted molar refractivity (Wildman–Crippen MR) is 81.1 cm³/mol. The van der Waals surface area contributed by atoms with Crippen LogP contribution in [-0.2, 0) is 9.84 Å². The van der Waals surface area contributed by atoms with Crippen LogP contribution in [0.2, 0.25) is 0 Å². The standard InChI is InChI=1S/C14H20N2O4S/c1-10-3-4-12(9-14(10)16(17)18)11(2)15-13-5-7-21(19,20)8-6-13/h3-4,9,11,13,15H,5-8H2,1-2H3. The molecule has 6 nitrogen and oxygen atoms in total. The second-order valence-corrected chi connectivity index (χ2v) is 7.92. The lowest BCUT2D eigenvalue weighted by Crippen LogP contribution is -2.38. The Morgan fingerprint density at radius 2 is 1.95 bits per heavy atom. The van der Waals surface area contributed by atoms with Crippen LogP contribution >= 0.6 is 0 Å². The average Bonchev–Trinajstić information content (AvgIpc) is 2.41. The van der Waals surface area contributed by atoms with Gasteiger partial charge in [0.25, 0.3) is 5.69 Å². The van der Waals surface area contributed by atoms with E-state index >= 15 is 0 Å². The molecule has 0 saturated carbocycles. The fraction of sp³-hybridized carbons (Fsp3) is 0.571. The van der Waals surface area contributed by atoms with E-state index in [0.717, 1.165) is 5.56 Å². The van der Waals surface area contributed by atoms with Gasteiger partial charge in [-0.1, -0.05) is 12.1 Å². The minimum absolute atomic E-state index is 0.0462. The Bertz CT molecular complexity index is 628. The topological polar surface area (TPSA) is 89.3 Å². The van der Waals surface area contributed by atoms with Crippen molar-refractivity contribution < 1.29 is 13.3 Å². The Morgan fingerprint density at radius 3 is 2.52 bits per heavy atom. The van der Waals surface area contributed by atoms with Crippen molar-refractivity contribution >= 4 is 15.5 Å². The number of sulfone groups is 1. The number of hydrogen-bond donors (Lipinski definition) is 1. The van der Waals surface area contributed by atoms with Crippen molar-refractivity contribution in [2.45, 2.75) is 38.8 Å². The number of nitrogens with zero attached hydrogens (tertiary/aromatic N) is 1. The third kappa shape index (κ3) is 4.01. The molecule has 1 heterocycles. The monoisotopic (exact) mass is 312 g/mol. The molecule has 116 valence electrons. The van der Waals surface area contributed by atoms with Crippen molar-refractivity contribution in [2.24, 2.45) is 0 Å². The van der Waals surface area contributed by atoms with Crippen molar-refractivity contribution in [1.29, 1.82) is 0 Å². The molecule has 0 radical (unpaired) electrons. The number of hydrogen-bond acceptors (Lipinski definition) is 5. The van der Waals surface area contributed by atoms with Crippen LogP contribution in [0.5, 0.6) is 0 Å². The molecule has 0 spiro atoms. The minimum Gasteiger partial charge on any atom is -0.307 e. The molecule has 0 bridgehead atoms.